The van der Waals surface area contributed by atoms with E-state index in [4.69, 9.17) is 14.2 Å². The Balaban J connectivity index is 1.59. The molecule has 1 saturated carbocycles. The zero-order valence-corrected chi connectivity index (χ0v) is 24.7. The molecule has 1 unspecified atom stereocenters. The normalized spacial score (nSPS) is 25.6. The first-order valence-electron chi connectivity index (χ1n) is 14.3. The highest BCUT2D eigenvalue weighted by molar-refractivity contribution is 7.91. The number of methoxy groups -OCH3 is 1. The number of hydrogen-bond donors (Lipinski definition) is 1. The number of carbonyl (C=O) groups excluding carboxylic acids is 1. The van der Waals surface area contributed by atoms with Gasteiger partial charge >= 0.3 is 5.97 Å². The van der Waals surface area contributed by atoms with Crippen LogP contribution in [0.2, 0.25) is 0 Å². The molecule has 38 heavy (non-hydrogen) atoms. The van der Waals surface area contributed by atoms with Crippen LogP contribution in [0.15, 0.2) is 35.2 Å². The lowest BCUT2D eigenvalue weighted by Crippen LogP contribution is -2.41. The van der Waals surface area contributed by atoms with Gasteiger partial charge in [-0.3, -0.25) is 4.79 Å². The minimum absolute atomic E-state index is 0.0512. The van der Waals surface area contributed by atoms with Gasteiger partial charge < -0.3 is 19.3 Å². The van der Waals surface area contributed by atoms with Crippen LogP contribution in [0.5, 0.6) is 0 Å². The van der Waals surface area contributed by atoms with Gasteiger partial charge in [-0.25, -0.2) is 8.42 Å². The van der Waals surface area contributed by atoms with Crippen molar-refractivity contribution in [2.24, 2.45) is 17.3 Å². The first kappa shape index (κ1) is 31.1. The molecule has 8 heteroatoms. The predicted molar refractivity (Wildman–Crippen MR) is 147 cm³/mol. The fourth-order valence-corrected chi connectivity index (χ4v) is 7.02. The van der Waals surface area contributed by atoms with Gasteiger partial charge in [0.2, 0.25) is 0 Å². The fourth-order valence-electron chi connectivity index (χ4n) is 5.63. The van der Waals surface area contributed by atoms with Crippen molar-refractivity contribution >= 4 is 15.8 Å². The van der Waals surface area contributed by atoms with Gasteiger partial charge in [0.1, 0.15) is 6.10 Å². The highest BCUT2D eigenvalue weighted by atomic mass is 32.2. The number of sulfone groups is 1. The minimum Gasteiger partial charge on any atom is -0.459 e. The molecule has 0 bridgehead atoms. The lowest BCUT2D eigenvalue weighted by Gasteiger charge is -2.34. The first-order valence-corrected chi connectivity index (χ1v) is 15.9. The van der Waals surface area contributed by atoms with E-state index in [1.54, 1.807) is 37.4 Å². The molecule has 7 nitrogen and oxygen atoms in total. The average molecular weight is 553 g/mol. The lowest BCUT2D eigenvalue weighted by molar-refractivity contribution is -0.219. The number of aliphatic hydroxyl groups is 1. The number of benzene rings is 1. The second-order valence-corrected chi connectivity index (χ2v) is 14.4. The molecule has 2 aliphatic rings. The molecule has 1 N–H and O–H groups in total. The lowest BCUT2D eigenvalue weighted by atomic mass is 9.81. The summed E-state index contributed by atoms with van der Waals surface area (Å²) in [6, 6.07) is 8.46. The van der Waals surface area contributed by atoms with E-state index in [9.17, 15) is 18.3 Å². The van der Waals surface area contributed by atoms with Crippen molar-refractivity contribution in [1.29, 1.82) is 0 Å². The SMILES string of the molecule is COC1(CCS(=O)(=O)c2ccccc2)CC[C@@H]([C@@H](C)CC[C@H](OC(=O)C(C)(C)C)[C@@H](O)C2CCCCC2)O1. The Bertz CT molecular complexity index is 982. The fraction of sp³-hybridized carbons (Fsp3) is 0.767. The minimum atomic E-state index is -3.44. The van der Waals surface area contributed by atoms with E-state index in [1.165, 1.54) is 6.42 Å². The van der Waals surface area contributed by atoms with Crippen LogP contribution in [-0.4, -0.2) is 56.5 Å². The summed E-state index contributed by atoms with van der Waals surface area (Å²) in [4.78, 5) is 13.0. The topological polar surface area (TPSA) is 99.1 Å². The molecule has 5 atom stereocenters. The molecule has 1 aromatic rings. The zero-order chi connectivity index (χ0) is 28.0. The van der Waals surface area contributed by atoms with E-state index in [0.717, 1.165) is 38.5 Å². The van der Waals surface area contributed by atoms with Crippen LogP contribution in [-0.2, 0) is 28.8 Å². The molecule has 1 aliphatic carbocycles. The molecule has 2 fully saturated rings. The molecule has 0 spiro atoms. The van der Waals surface area contributed by atoms with Gasteiger partial charge in [0.25, 0.3) is 0 Å². The average Bonchev–Trinajstić information content (AvgIpc) is 3.35. The number of esters is 1. The maximum Gasteiger partial charge on any atom is 0.311 e. The Morgan fingerprint density at radius 1 is 1.11 bits per heavy atom. The van der Waals surface area contributed by atoms with E-state index >= 15 is 0 Å². The zero-order valence-electron chi connectivity index (χ0n) is 23.9. The van der Waals surface area contributed by atoms with Crippen LogP contribution < -0.4 is 0 Å². The summed E-state index contributed by atoms with van der Waals surface area (Å²) in [5.41, 5.74) is -0.636. The van der Waals surface area contributed by atoms with Gasteiger partial charge in [-0.15, -0.1) is 0 Å². The number of carbonyl (C=O) groups is 1. The molecule has 1 aromatic carbocycles. The van der Waals surface area contributed by atoms with Gasteiger partial charge in [0.05, 0.1) is 28.3 Å². The van der Waals surface area contributed by atoms with Gasteiger partial charge in [-0.05, 0) is 76.8 Å². The third-order valence-corrected chi connectivity index (χ3v) is 10.1. The number of rotatable bonds is 12. The van der Waals surface area contributed by atoms with Crippen LogP contribution in [0, 0.1) is 17.3 Å². The molecule has 3 rings (SSSR count). The molecule has 1 saturated heterocycles. The van der Waals surface area contributed by atoms with Crippen molar-refractivity contribution in [1.82, 2.24) is 0 Å². The van der Waals surface area contributed by atoms with Crippen LogP contribution in [0.3, 0.4) is 0 Å². The summed E-state index contributed by atoms with van der Waals surface area (Å²) in [6.07, 6.45) is 6.95. The summed E-state index contributed by atoms with van der Waals surface area (Å²) >= 11 is 0. The largest absolute Gasteiger partial charge is 0.459 e. The van der Waals surface area contributed by atoms with Gasteiger partial charge in [-0.2, -0.15) is 0 Å². The molecule has 0 amide bonds. The van der Waals surface area contributed by atoms with Crippen molar-refractivity contribution in [3.63, 3.8) is 0 Å². The van der Waals surface area contributed by atoms with Gasteiger partial charge in [0.15, 0.2) is 15.6 Å². The standard InChI is InChI=1S/C30H48O7S/c1-22(16-17-26(36-28(32)29(2,3)4)27(31)23-12-8-6-9-13-23)25-18-19-30(35-5,37-25)20-21-38(33,34)24-14-10-7-11-15-24/h7,10-11,14-15,22-23,25-27,31H,6,8-9,12-13,16-21H2,1-5H3/t22-,25-,26-,27-,30?/m0/s1. The van der Waals surface area contributed by atoms with Crippen LogP contribution in [0.25, 0.3) is 0 Å². The number of hydrogen-bond acceptors (Lipinski definition) is 7. The maximum atomic E-state index is 12.8. The first-order chi connectivity index (χ1) is 17.9. The monoisotopic (exact) mass is 552 g/mol. The second kappa shape index (κ2) is 13.2. The summed E-state index contributed by atoms with van der Waals surface area (Å²) in [5.74, 6) is -0.982. The molecule has 0 aromatic heterocycles. The van der Waals surface area contributed by atoms with E-state index in [2.05, 4.69) is 6.92 Å². The maximum absolute atomic E-state index is 12.8. The van der Waals surface area contributed by atoms with Crippen LogP contribution in [0.1, 0.15) is 91.9 Å². The smallest absolute Gasteiger partial charge is 0.311 e. The summed E-state index contributed by atoms with van der Waals surface area (Å²) in [7, 11) is -1.86. The van der Waals surface area contributed by atoms with Crippen molar-refractivity contribution in [2.45, 2.75) is 121 Å². The second-order valence-electron chi connectivity index (χ2n) is 12.3. The van der Waals surface area contributed by atoms with Gasteiger partial charge in [-0.1, -0.05) is 44.4 Å². The summed E-state index contributed by atoms with van der Waals surface area (Å²) < 4.78 is 43.7. The van der Waals surface area contributed by atoms with E-state index < -0.39 is 33.2 Å². The Kier molecular flexibility index (Phi) is 10.8. The predicted octanol–water partition coefficient (Wildman–Crippen LogP) is 5.69. The molecule has 0 radical (unpaired) electrons. The Morgan fingerprint density at radius 3 is 2.37 bits per heavy atom. The number of aliphatic hydroxyl groups excluding tert-OH is 1. The van der Waals surface area contributed by atoms with Crippen LogP contribution >= 0.6 is 0 Å². The highest BCUT2D eigenvalue weighted by Gasteiger charge is 2.43. The van der Waals surface area contributed by atoms with Gasteiger partial charge in [0, 0.05) is 20.0 Å². The molecule has 1 heterocycles. The summed E-state index contributed by atoms with van der Waals surface area (Å²) in [5, 5.41) is 11.2. The highest BCUT2D eigenvalue weighted by Crippen LogP contribution is 2.39. The van der Waals surface area contributed by atoms with E-state index in [-0.39, 0.29) is 36.1 Å². The Hall–Kier alpha value is -1.48. The molecule has 1 aliphatic heterocycles. The number of ether oxygens (including phenoxy) is 3. The Morgan fingerprint density at radius 2 is 1.76 bits per heavy atom. The van der Waals surface area contributed by atoms with Crippen molar-refractivity contribution in [3.8, 4) is 0 Å². The summed E-state index contributed by atoms with van der Waals surface area (Å²) in [6.45, 7) is 7.59. The van der Waals surface area contributed by atoms with Crippen molar-refractivity contribution < 1.29 is 32.5 Å². The molecule has 216 valence electrons. The third kappa shape index (κ3) is 8.26. The Labute approximate surface area is 229 Å². The van der Waals surface area contributed by atoms with Crippen LogP contribution in [0.4, 0.5) is 0 Å². The van der Waals surface area contributed by atoms with E-state index in [0.29, 0.717) is 17.7 Å². The quantitative estimate of drug-likeness (QED) is 0.333. The third-order valence-electron chi connectivity index (χ3n) is 8.33. The van der Waals surface area contributed by atoms with E-state index in [1.807, 2.05) is 20.8 Å². The molecular weight excluding hydrogens is 504 g/mol. The van der Waals surface area contributed by atoms with Crippen molar-refractivity contribution in [3.05, 3.63) is 30.3 Å². The van der Waals surface area contributed by atoms with Crippen molar-refractivity contribution in [2.75, 3.05) is 12.9 Å². The molecular formula is C30H48O7S.